The zero-order valence-corrected chi connectivity index (χ0v) is 19.8. The molecule has 0 atom stereocenters. The normalized spacial score (nSPS) is 13.8. The lowest BCUT2D eigenvalue weighted by Gasteiger charge is -2.36. The van der Waals surface area contributed by atoms with Gasteiger partial charge in [-0.1, -0.05) is 32.0 Å². The van der Waals surface area contributed by atoms with Gasteiger partial charge in [-0.25, -0.2) is 0 Å². The van der Waals surface area contributed by atoms with Gasteiger partial charge in [-0.3, -0.25) is 9.59 Å². The highest BCUT2D eigenvalue weighted by atomic mass is 32.1. The van der Waals surface area contributed by atoms with Crippen LogP contribution in [0.5, 0.6) is 5.75 Å². The van der Waals surface area contributed by atoms with Crippen molar-refractivity contribution in [2.45, 2.75) is 19.8 Å². The van der Waals surface area contributed by atoms with Gasteiger partial charge in [0.1, 0.15) is 5.75 Å². The van der Waals surface area contributed by atoms with Crippen LogP contribution in [-0.2, 0) is 4.79 Å². The molecule has 6 nitrogen and oxygen atoms in total. The quantitative estimate of drug-likeness (QED) is 0.544. The van der Waals surface area contributed by atoms with Crippen molar-refractivity contribution < 1.29 is 14.3 Å². The van der Waals surface area contributed by atoms with Gasteiger partial charge in [-0.15, -0.1) is 11.3 Å². The van der Waals surface area contributed by atoms with Crippen molar-refractivity contribution in [2.75, 3.05) is 43.0 Å². The summed E-state index contributed by atoms with van der Waals surface area (Å²) >= 11 is 1.48. The number of hydrogen-bond acceptors (Lipinski definition) is 5. The number of benzene rings is 2. The molecule has 1 saturated heterocycles. The molecule has 4 rings (SSSR count). The van der Waals surface area contributed by atoms with Gasteiger partial charge in [0.05, 0.1) is 4.88 Å². The van der Waals surface area contributed by atoms with Gasteiger partial charge in [0, 0.05) is 37.6 Å². The standard InChI is InChI=1S/C26H29N3O3S/c1-19(2)20-5-11-23(12-6-20)32-18-25(30)27-21-7-9-22(10-8-21)28-13-15-29(16-14-28)26(31)24-4-3-17-33-24/h3-12,17,19H,13-16,18H2,1-2H3,(H,27,30). The second kappa shape index (κ2) is 10.5. The van der Waals surface area contributed by atoms with Crippen molar-refractivity contribution in [3.63, 3.8) is 0 Å². The Labute approximate surface area is 198 Å². The second-order valence-corrected chi connectivity index (χ2v) is 9.31. The van der Waals surface area contributed by atoms with E-state index in [1.807, 2.05) is 70.9 Å². The van der Waals surface area contributed by atoms with Crippen LogP contribution >= 0.6 is 11.3 Å². The van der Waals surface area contributed by atoms with Gasteiger partial charge in [-0.2, -0.15) is 0 Å². The Hall–Kier alpha value is -3.32. The zero-order valence-electron chi connectivity index (χ0n) is 19.0. The van der Waals surface area contributed by atoms with E-state index < -0.39 is 0 Å². The number of hydrogen-bond donors (Lipinski definition) is 1. The van der Waals surface area contributed by atoms with E-state index in [-0.39, 0.29) is 18.4 Å². The average Bonchev–Trinajstić information content (AvgIpc) is 3.38. The summed E-state index contributed by atoms with van der Waals surface area (Å²) in [5.41, 5.74) is 3.05. The zero-order chi connectivity index (χ0) is 23.2. The minimum atomic E-state index is -0.198. The number of thiophene rings is 1. The Kier molecular flexibility index (Phi) is 7.29. The fourth-order valence-electron chi connectivity index (χ4n) is 3.77. The fourth-order valence-corrected chi connectivity index (χ4v) is 4.47. The largest absolute Gasteiger partial charge is 0.484 e. The molecular formula is C26H29N3O3S. The maximum Gasteiger partial charge on any atom is 0.264 e. The lowest BCUT2D eigenvalue weighted by molar-refractivity contribution is -0.118. The fraction of sp³-hybridized carbons (Fsp3) is 0.308. The van der Waals surface area contributed by atoms with Gasteiger partial charge in [0.2, 0.25) is 0 Å². The molecule has 3 aromatic rings. The summed E-state index contributed by atoms with van der Waals surface area (Å²) in [7, 11) is 0. The Morgan fingerprint density at radius 2 is 1.67 bits per heavy atom. The van der Waals surface area contributed by atoms with Crippen LogP contribution in [0, 0.1) is 0 Å². The molecule has 1 N–H and O–H groups in total. The number of nitrogens with one attached hydrogen (secondary N) is 1. The summed E-state index contributed by atoms with van der Waals surface area (Å²) in [4.78, 5) is 29.7. The number of ether oxygens (including phenoxy) is 1. The molecule has 0 aliphatic carbocycles. The van der Waals surface area contributed by atoms with E-state index in [0.717, 1.165) is 29.3 Å². The first-order valence-corrected chi connectivity index (χ1v) is 12.1. The highest BCUT2D eigenvalue weighted by molar-refractivity contribution is 7.12. The minimum Gasteiger partial charge on any atom is -0.484 e. The molecule has 1 aromatic heterocycles. The number of anilines is 2. The van der Waals surface area contributed by atoms with Gasteiger partial charge in [-0.05, 0) is 59.3 Å². The van der Waals surface area contributed by atoms with E-state index in [9.17, 15) is 9.59 Å². The molecule has 2 heterocycles. The van der Waals surface area contributed by atoms with E-state index >= 15 is 0 Å². The van der Waals surface area contributed by atoms with E-state index in [2.05, 4.69) is 24.1 Å². The van der Waals surface area contributed by atoms with Crippen LogP contribution in [0.2, 0.25) is 0 Å². The lowest BCUT2D eigenvalue weighted by atomic mass is 10.0. The van der Waals surface area contributed by atoms with Crippen LogP contribution in [0.1, 0.15) is 35.0 Å². The highest BCUT2D eigenvalue weighted by Crippen LogP contribution is 2.22. The van der Waals surface area contributed by atoms with Crippen LogP contribution in [0.25, 0.3) is 0 Å². The summed E-state index contributed by atoms with van der Waals surface area (Å²) in [6, 6.07) is 19.4. The van der Waals surface area contributed by atoms with E-state index in [1.54, 1.807) is 0 Å². The van der Waals surface area contributed by atoms with E-state index in [4.69, 9.17) is 4.74 Å². The predicted octanol–water partition coefficient (Wildman–Crippen LogP) is 4.85. The van der Waals surface area contributed by atoms with Gasteiger partial charge in [0.15, 0.2) is 6.61 Å². The lowest BCUT2D eigenvalue weighted by Crippen LogP contribution is -2.48. The third-order valence-electron chi connectivity index (χ3n) is 5.73. The third-order valence-corrected chi connectivity index (χ3v) is 6.59. The van der Waals surface area contributed by atoms with Crippen molar-refractivity contribution in [2.24, 2.45) is 0 Å². The Bertz CT molecular complexity index is 1060. The number of carbonyl (C=O) groups is 2. The molecular weight excluding hydrogens is 434 g/mol. The number of rotatable bonds is 7. The molecule has 1 fully saturated rings. The molecule has 0 unspecified atom stereocenters. The van der Waals surface area contributed by atoms with Crippen molar-refractivity contribution >= 4 is 34.5 Å². The third kappa shape index (κ3) is 5.93. The maximum absolute atomic E-state index is 12.5. The molecule has 2 amide bonds. The first-order chi connectivity index (χ1) is 16.0. The smallest absolute Gasteiger partial charge is 0.264 e. The summed E-state index contributed by atoms with van der Waals surface area (Å²) in [5.74, 6) is 1.06. The Morgan fingerprint density at radius 1 is 0.970 bits per heavy atom. The van der Waals surface area contributed by atoms with Crippen LogP contribution in [0.3, 0.4) is 0 Å². The maximum atomic E-state index is 12.5. The number of nitrogens with zero attached hydrogens (tertiary/aromatic N) is 2. The summed E-state index contributed by atoms with van der Waals surface area (Å²) in [6.45, 7) is 7.21. The molecule has 172 valence electrons. The Morgan fingerprint density at radius 3 is 2.27 bits per heavy atom. The van der Waals surface area contributed by atoms with Crippen LogP contribution in [0.15, 0.2) is 66.0 Å². The van der Waals surface area contributed by atoms with E-state index in [0.29, 0.717) is 24.8 Å². The SMILES string of the molecule is CC(C)c1ccc(OCC(=O)Nc2ccc(N3CCN(C(=O)c4cccs4)CC3)cc2)cc1. The highest BCUT2D eigenvalue weighted by Gasteiger charge is 2.22. The Balaban J connectivity index is 1.23. The van der Waals surface area contributed by atoms with E-state index in [1.165, 1.54) is 16.9 Å². The molecule has 7 heteroatoms. The molecule has 1 aliphatic heterocycles. The van der Waals surface area contributed by atoms with Crippen LogP contribution in [0.4, 0.5) is 11.4 Å². The monoisotopic (exact) mass is 463 g/mol. The summed E-state index contributed by atoms with van der Waals surface area (Å²) in [5, 5.41) is 4.81. The number of piperazine rings is 1. The van der Waals surface area contributed by atoms with Crippen molar-refractivity contribution in [1.29, 1.82) is 0 Å². The van der Waals surface area contributed by atoms with Gasteiger partial charge < -0.3 is 19.9 Å². The van der Waals surface area contributed by atoms with Crippen molar-refractivity contribution in [3.8, 4) is 5.75 Å². The summed E-state index contributed by atoms with van der Waals surface area (Å²) in [6.07, 6.45) is 0. The molecule has 0 bridgehead atoms. The van der Waals surface area contributed by atoms with Gasteiger partial charge in [0.25, 0.3) is 11.8 Å². The molecule has 0 radical (unpaired) electrons. The van der Waals surface area contributed by atoms with Crippen LogP contribution < -0.4 is 15.0 Å². The topological polar surface area (TPSA) is 61.9 Å². The molecule has 33 heavy (non-hydrogen) atoms. The van der Waals surface area contributed by atoms with Crippen molar-refractivity contribution in [1.82, 2.24) is 4.90 Å². The molecule has 2 aromatic carbocycles. The van der Waals surface area contributed by atoms with Crippen molar-refractivity contribution in [3.05, 3.63) is 76.5 Å². The first kappa shape index (κ1) is 22.9. The van der Waals surface area contributed by atoms with Crippen LogP contribution in [-0.4, -0.2) is 49.5 Å². The predicted molar refractivity (Wildman–Crippen MR) is 134 cm³/mol. The van der Waals surface area contributed by atoms with Gasteiger partial charge >= 0.3 is 0 Å². The average molecular weight is 464 g/mol. The molecule has 0 spiro atoms. The number of carbonyl (C=O) groups excluding carboxylic acids is 2. The minimum absolute atomic E-state index is 0.0387. The second-order valence-electron chi connectivity index (χ2n) is 8.36. The first-order valence-electron chi connectivity index (χ1n) is 11.2. The molecule has 1 aliphatic rings. The molecule has 0 saturated carbocycles. The number of amides is 2. The summed E-state index contributed by atoms with van der Waals surface area (Å²) < 4.78 is 5.60.